The Balaban J connectivity index is 1.72. The van der Waals surface area contributed by atoms with Crippen molar-refractivity contribution in [3.8, 4) is 11.3 Å². The SMILES string of the molecule is Cc1onc(-c2ccccc2)c1C(=O)Nc1c[nH]c2ccccc12. The van der Waals surface area contributed by atoms with Gasteiger partial charge in [0, 0.05) is 22.7 Å². The van der Waals surface area contributed by atoms with Crippen LogP contribution in [0.5, 0.6) is 0 Å². The summed E-state index contributed by atoms with van der Waals surface area (Å²) in [6.45, 7) is 1.74. The molecule has 5 heteroatoms. The minimum Gasteiger partial charge on any atom is -0.360 e. The van der Waals surface area contributed by atoms with Crippen molar-refractivity contribution in [2.45, 2.75) is 6.92 Å². The molecule has 0 saturated heterocycles. The van der Waals surface area contributed by atoms with Gasteiger partial charge >= 0.3 is 0 Å². The van der Waals surface area contributed by atoms with Gasteiger partial charge in [0.15, 0.2) is 0 Å². The van der Waals surface area contributed by atoms with Crippen molar-refractivity contribution in [1.29, 1.82) is 0 Å². The fourth-order valence-corrected chi connectivity index (χ4v) is 2.79. The number of aromatic amines is 1. The Morgan fingerprint density at radius 1 is 1.08 bits per heavy atom. The number of anilines is 1. The summed E-state index contributed by atoms with van der Waals surface area (Å²) in [6.07, 6.45) is 1.79. The Kier molecular flexibility index (Phi) is 3.39. The fourth-order valence-electron chi connectivity index (χ4n) is 2.79. The molecule has 0 radical (unpaired) electrons. The van der Waals surface area contributed by atoms with Crippen molar-refractivity contribution in [3.63, 3.8) is 0 Å². The van der Waals surface area contributed by atoms with Crippen LogP contribution in [-0.4, -0.2) is 16.0 Å². The van der Waals surface area contributed by atoms with Crippen LogP contribution < -0.4 is 5.32 Å². The van der Waals surface area contributed by atoms with Crippen LogP contribution >= 0.6 is 0 Å². The van der Waals surface area contributed by atoms with E-state index in [0.717, 1.165) is 22.2 Å². The predicted molar refractivity (Wildman–Crippen MR) is 92.9 cm³/mol. The first-order valence-corrected chi connectivity index (χ1v) is 7.63. The number of fused-ring (bicyclic) bond motifs is 1. The molecule has 0 aliphatic rings. The van der Waals surface area contributed by atoms with Gasteiger partial charge < -0.3 is 14.8 Å². The predicted octanol–water partition coefficient (Wildman–Crippen LogP) is 4.38. The summed E-state index contributed by atoms with van der Waals surface area (Å²) in [7, 11) is 0. The highest BCUT2D eigenvalue weighted by atomic mass is 16.5. The molecule has 4 rings (SSSR count). The van der Waals surface area contributed by atoms with Gasteiger partial charge in [-0.05, 0) is 13.0 Å². The van der Waals surface area contributed by atoms with Gasteiger partial charge in [0.1, 0.15) is 17.0 Å². The van der Waals surface area contributed by atoms with Crippen molar-refractivity contribution in [1.82, 2.24) is 10.1 Å². The van der Waals surface area contributed by atoms with Gasteiger partial charge in [-0.1, -0.05) is 53.7 Å². The minimum absolute atomic E-state index is 0.239. The summed E-state index contributed by atoms with van der Waals surface area (Å²) in [5.74, 6) is 0.253. The Labute approximate surface area is 138 Å². The quantitative estimate of drug-likeness (QED) is 0.589. The van der Waals surface area contributed by atoms with E-state index >= 15 is 0 Å². The molecule has 5 nitrogen and oxygen atoms in total. The topological polar surface area (TPSA) is 70.9 Å². The number of carbonyl (C=O) groups is 1. The van der Waals surface area contributed by atoms with Gasteiger partial charge in [-0.15, -0.1) is 0 Å². The van der Waals surface area contributed by atoms with Crippen molar-refractivity contribution in [3.05, 3.63) is 72.1 Å². The number of rotatable bonds is 3. The normalized spacial score (nSPS) is 10.9. The second kappa shape index (κ2) is 5.70. The number of H-pyrrole nitrogens is 1. The van der Waals surface area contributed by atoms with Crippen molar-refractivity contribution < 1.29 is 9.32 Å². The first-order chi connectivity index (χ1) is 11.7. The molecule has 2 heterocycles. The summed E-state index contributed by atoms with van der Waals surface area (Å²) in [5, 5.41) is 7.96. The second-order valence-corrected chi connectivity index (χ2v) is 5.53. The van der Waals surface area contributed by atoms with Gasteiger partial charge in [-0.3, -0.25) is 4.79 Å². The summed E-state index contributed by atoms with van der Waals surface area (Å²) in [4.78, 5) is 16.0. The Morgan fingerprint density at radius 2 is 1.83 bits per heavy atom. The number of benzene rings is 2. The Morgan fingerprint density at radius 3 is 2.67 bits per heavy atom. The van der Waals surface area contributed by atoms with E-state index in [4.69, 9.17) is 4.52 Å². The molecular weight excluding hydrogens is 302 g/mol. The molecule has 0 aliphatic heterocycles. The molecule has 4 aromatic rings. The maximum absolute atomic E-state index is 12.8. The summed E-state index contributed by atoms with van der Waals surface area (Å²) in [6, 6.07) is 17.3. The molecule has 0 saturated carbocycles. The average Bonchev–Trinajstić information content (AvgIpc) is 3.20. The number of nitrogens with one attached hydrogen (secondary N) is 2. The van der Waals surface area contributed by atoms with E-state index in [1.54, 1.807) is 13.1 Å². The van der Waals surface area contributed by atoms with Gasteiger partial charge in [0.05, 0.1) is 5.69 Å². The highest BCUT2D eigenvalue weighted by Gasteiger charge is 2.22. The number of hydrogen-bond donors (Lipinski definition) is 2. The molecule has 118 valence electrons. The third kappa shape index (κ3) is 2.36. The molecule has 2 N–H and O–H groups in total. The minimum atomic E-state index is -0.239. The number of hydrogen-bond acceptors (Lipinski definition) is 3. The van der Waals surface area contributed by atoms with Crippen LogP contribution in [0.3, 0.4) is 0 Å². The van der Waals surface area contributed by atoms with Crippen LogP contribution in [0.25, 0.3) is 22.2 Å². The molecule has 2 aromatic carbocycles. The highest BCUT2D eigenvalue weighted by molar-refractivity contribution is 6.12. The lowest BCUT2D eigenvalue weighted by molar-refractivity contribution is 0.102. The van der Waals surface area contributed by atoms with Gasteiger partial charge in [-0.25, -0.2) is 0 Å². The summed E-state index contributed by atoms with van der Waals surface area (Å²) < 4.78 is 5.26. The standard InChI is InChI=1S/C19H15N3O2/c1-12-17(18(22-24-12)13-7-3-2-4-8-13)19(23)21-16-11-20-15-10-6-5-9-14(15)16/h2-11,20H,1H3,(H,21,23). The average molecular weight is 317 g/mol. The van der Waals surface area contributed by atoms with E-state index in [-0.39, 0.29) is 5.91 Å². The number of amides is 1. The Hall–Kier alpha value is -3.34. The molecule has 0 bridgehead atoms. The smallest absolute Gasteiger partial charge is 0.261 e. The maximum atomic E-state index is 12.8. The van der Waals surface area contributed by atoms with Crippen LogP contribution in [-0.2, 0) is 0 Å². The second-order valence-electron chi connectivity index (χ2n) is 5.53. The van der Waals surface area contributed by atoms with Gasteiger partial charge in [0.2, 0.25) is 0 Å². The lowest BCUT2D eigenvalue weighted by Gasteiger charge is -2.05. The molecule has 0 spiro atoms. The van der Waals surface area contributed by atoms with Crippen molar-refractivity contribution in [2.24, 2.45) is 0 Å². The zero-order chi connectivity index (χ0) is 16.5. The third-order valence-corrected chi connectivity index (χ3v) is 3.97. The van der Waals surface area contributed by atoms with E-state index in [0.29, 0.717) is 17.0 Å². The van der Waals surface area contributed by atoms with Crippen molar-refractivity contribution in [2.75, 3.05) is 5.32 Å². The fraction of sp³-hybridized carbons (Fsp3) is 0.0526. The molecule has 0 fully saturated rings. The zero-order valence-corrected chi connectivity index (χ0v) is 13.0. The van der Waals surface area contributed by atoms with E-state index in [9.17, 15) is 4.79 Å². The molecule has 1 amide bonds. The number of aryl methyl sites for hydroxylation is 1. The lowest BCUT2D eigenvalue weighted by Crippen LogP contribution is -2.13. The van der Waals surface area contributed by atoms with Gasteiger partial charge in [0.25, 0.3) is 5.91 Å². The summed E-state index contributed by atoms with van der Waals surface area (Å²) in [5.41, 5.74) is 3.55. The van der Waals surface area contributed by atoms with Crippen LogP contribution in [0.2, 0.25) is 0 Å². The van der Waals surface area contributed by atoms with E-state index < -0.39 is 0 Å². The Bertz CT molecular complexity index is 1020. The van der Waals surface area contributed by atoms with Gasteiger partial charge in [-0.2, -0.15) is 0 Å². The largest absolute Gasteiger partial charge is 0.360 e. The molecule has 0 aliphatic carbocycles. The van der Waals surface area contributed by atoms with Crippen LogP contribution in [0.1, 0.15) is 16.1 Å². The van der Waals surface area contributed by atoms with Crippen molar-refractivity contribution >= 4 is 22.5 Å². The lowest BCUT2D eigenvalue weighted by atomic mass is 10.1. The maximum Gasteiger partial charge on any atom is 0.261 e. The third-order valence-electron chi connectivity index (χ3n) is 3.97. The first-order valence-electron chi connectivity index (χ1n) is 7.63. The summed E-state index contributed by atoms with van der Waals surface area (Å²) >= 11 is 0. The van der Waals surface area contributed by atoms with Crippen LogP contribution in [0.4, 0.5) is 5.69 Å². The zero-order valence-electron chi connectivity index (χ0n) is 13.0. The van der Waals surface area contributed by atoms with E-state index in [2.05, 4.69) is 15.5 Å². The van der Waals surface area contributed by atoms with E-state index in [1.165, 1.54) is 0 Å². The number of aromatic nitrogens is 2. The van der Waals surface area contributed by atoms with Crippen LogP contribution in [0.15, 0.2) is 65.3 Å². The first kappa shape index (κ1) is 14.3. The monoisotopic (exact) mass is 317 g/mol. The molecule has 0 atom stereocenters. The molecule has 2 aromatic heterocycles. The van der Waals surface area contributed by atoms with Crippen LogP contribution in [0, 0.1) is 6.92 Å². The molecule has 0 unspecified atom stereocenters. The number of nitrogens with zero attached hydrogens (tertiary/aromatic N) is 1. The molecule has 24 heavy (non-hydrogen) atoms. The highest BCUT2D eigenvalue weighted by Crippen LogP contribution is 2.28. The number of carbonyl (C=O) groups excluding carboxylic acids is 1. The van der Waals surface area contributed by atoms with E-state index in [1.807, 2.05) is 54.6 Å². The number of para-hydroxylation sites is 1. The molecular formula is C19H15N3O2.